The standard InChI is InChI=1S/C16H25BN2O3/c1-15(2)16(3,4)22-17(21-15)12-7-8-13(18-11-12)14(20)9-10-19(5)6/h7-8,11H,9-10H2,1-6H3. The number of rotatable bonds is 5. The molecule has 22 heavy (non-hydrogen) atoms. The molecular weight excluding hydrogens is 279 g/mol. The summed E-state index contributed by atoms with van der Waals surface area (Å²) in [5.41, 5.74) is 0.570. The van der Waals surface area contributed by atoms with Crippen molar-refractivity contribution >= 4 is 18.4 Å². The summed E-state index contributed by atoms with van der Waals surface area (Å²) in [7, 11) is 3.45. The second-order valence-electron chi connectivity index (χ2n) is 7.04. The molecule has 0 N–H and O–H groups in total. The highest BCUT2D eigenvalue weighted by Crippen LogP contribution is 2.36. The van der Waals surface area contributed by atoms with Crippen LogP contribution in [0.15, 0.2) is 18.3 Å². The van der Waals surface area contributed by atoms with Gasteiger partial charge in [0.05, 0.1) is 11.2 Å². The lowest BCUT2D eigenvalue weighted by Gasteiger charge is -2.32. The van der Waals surface area contributed by atoms with Gasteiger partial charge in [-0.1, -0.05) is 6.07 Å². The van der Waals surface area contributed by atoms with Crippen molar-refractivity contribution in [2.45, 2.75) is 45.3 Å². The van der Waals surface area contributed by atoms with E-state index in [1.165, 1.54) is 0 Å². The van der Waals surface area contributed by atoms with E-state index in [1.54, 1.807) is 12.3 Å². The molecule has 5 nitrogen and oxygen atoms in total. The van der Waals surface area contributed by atoms with Gasteiger partial charge in [0.15, 0.2) is 5.78 Å². The molecule has 1 fully saturated rings. The van der Waals surface area contributed by atoms with Gasteiger partial charge in [-0.05, 0) is 47.9 Å². The minimum atomic E-state index is -0.441. The van der Waals surface area contributed by atoms with Gasteiger partial charge in [-0.3, -0.25) is 9.78 Å². The minimum absolute atomic E-state index is 0.0502. The fraction of sp³-hybridized carbons (Fsp3) is 0.625. The SMILES string of the molecule is CN(C)CCC(=O)c1ccc(B2OC(C)(C)C(C)(C)O2)cn1. The summed E-state index contributed by atoms with van der Waals surface area (Å²) in [6, 6.07) is 3.61. The zero-order valence-corrected chi connectivity index (χ0v) is 14.3. The number of Topliss-reactive ketones (excluding diaryl/α,β-unsaturated/α-hetero) is 1. The first-order valence-electron chi connectivity index (χ1n) is 7.62. The lowest BCUT2D eigenvalue weighted by Crippen LogP contribution is -2.41. The first-order valence-corrected chi connectivity index (χ1v) is 7.62. The second kappa shape index (κ2) is 6.10. The van der Waals surface area contributed by atoms with Crippen LogP contribution in [0.4, 0.5) is 0 Å². The molecule has 0 saturated carbocycles. The Labute approximate surface area is 133 Å². The van der Waals surface area contributed by atoms with E-state index in [0.717, 1.165) is 12.0 Å². The Kier molecular flexibility index (Phi) is 4.75. The van der Waals surface area contributed by atoms with Gasteiger partial charge in [0.2, 0.25) is 0 Å². The summed E-state index contributed by atoms with van der Waals surface area (Å²) in [4.78, 5) is 18.3. The van der Waals surface area contributed by atoms with Gasteiger partial charge in [-0.15, -0.1) is 0 Å². The molecule has 0 amide bonds. The molecule has 120 valence electrons. The zero-order chi connectivity index (χ0) is 16.5. The average Bonchev–Trinajstić information content (AvgIpc) is 2.65. The molecule has 0 radical (unpaired) electrons. The number of ketones is 1. The monoisotopic (exact) mass is 304 g/mol. The number of pyridine rings is 1. The smallest absolute Gasteiger partial charge is 0.399 e. The molecule has 1 saturated heterocycles. The molecule has 2 heterocycles. The van der Waals surface area contributed by atoms with Gasteiger partial charge in [0, 0.05) is 24.6 Å². The van der Waals surface area contributed by atoms with E-state index >= 15 is 0 Å². The third-order valence-corrected chi connectivity index (χ3v) is 4.38. The Bertz CT molecular complexity index is 525. The van der Waals surface area contributed by atoms with Gasteiger partial charge in [0.25, 0.3) is 0 Å². The van der Waals surface area contributed by atoms with Gasteiger partial charge in [-0.25, -0.2) is 0 Å². The molecular formula is C16H25BN2O3. The molecule has 2 rings (SSSR count). The van der Waals surface area contributed by atoms with E-state index < -0.39 is 7.12 Å². The van der Waals surface area contributed by atoms with E-state index in [1.807, 2.05) is 52.8 Å². The first-order chi connectivity index (χ1) is 10.1. The third kappa shape index (κ3) is 3.56. The molecule has 0 aromatic carbocycles. The highest BCUT2D eigenvalue weighted by Gasteiger charge is 2.51. The van der Waals surface area contributed by atoms with Crippen LogP contribution < -0.4 is 5.46 Å². The van der Waals surface area contributed by atoms with Crippen LogP contribution in [0.25, 0.3) is 0 Å². The molecule has 6 heteroatoms. The number of aromatic nitrogens is 1. The summed E-state index contributed by atoms with van der Waals surface area (Å²) in [5.74, 6) is 0.0502. The van der Waals surface area contributed by atoms with Crippen LogP contribution in [0.1, 0.15) is 44.6 Å². The van der Waals surface area contributed by atoms with Crippen molar-refractivity contribution in [2.75, 3.05) is 20.6 Å². The fourth-order valence-corrected chi connectivity index (χ4v) is 2.14. The third-order valence-electron chi connectivity index (χ3n) is 4.38. The summed E-state index contributed by atoms with van der Waals surface area (Å²) in [6.07, 6.45) is 2.14. The maximum Gasteiger partial charge on any atom is 0.496 e. The van der Waals surface area contributed by atoms with Crippen LogP contribution >= 0.6 is 0 Å². The van der Waals surface area contributed by atoms with Crippen molar-refractivity contribution in [3.8, 4) is 0 Å². The molecule has 1 aliphatic rings. The molecule has 0 bridgehead atoms. The van der Waals surface area contributed by atoms with Crippen LogP contribution in [0.5, 0.6) is 0 Å². The van der Waals surface area contributed by atoms with Crippen LogP contribution in [0.2, 0.25) is 0 Å². The van der Waals surface area contributed by atoms with Gasteiger partial charge >= 0.3 is 7.12 Å². The van der Waals surface area contributed by atoms with E-state index in [-0.39, 0.29) is 17.0 Å². The predicted molar refractivity (Wildman–Crippen MR) is 87.5 cm³/mol. The number of nitrogens with zero attached hydrogens (tertiary/aromatic N) is 2. The summed E-state index contributed by atoms with van der Waals surface area (Å²) in [6.45, 7) is 8.78. The van der Waals surface area contributed by atoms with Crippen LogP contribution in [0.3, 0.4) is 0 Å². The molecule has 0 unspecified atom stereocenters. The first kappa shape index (κ1) is 17.1. The molecule has 0 spiro atoms. The zero-order valence-electron chi connectivity index (χ0n) is 14.3. The number of carbonyl (C=O) groups is 1. The fourth-order valence-electron chi connectivity index (χ4n) is 2.14. The lowest BCUT2D eigenvalue weighted by molar-refractivity contribution is 0.00578. The van der Waals surface area contributed by atoms with Crippen molar-refractivity contribution in [1.29, 1.82) is 0 Å². The Hall–Kier alpha value is -1.24. The van der Waals surface area contributed by atoms with Gasteiger partial charge in [0.1, 0.15) is 5.69 Å². The van der Waals surface area contributed by atoms with Crippen molar-refractivity contribution in [3.05, 3.63) is 24.0 Å². The highest BCUT2D eigenvalue weighted by molar-refractivity contribution is 6.62. The summed E-state index contributed by atoms with van der Waals surface area (Å²) < 4.78 is 12.0. The van der Waals surface area contributed by atoms with Crippen molar-refractivity contribution in [1.82, 2.24) is 9.88 Å². The van der Waals surface area contributed by atoms with Crippen LogP contribution in [-0.2, 0) is 9.31 Å². The normalized spacial score (nSPS) is 19.7. The topological polar surface area (TPSA) is 51.7 Å². The molecule has 1 aromatic heterocycles. The Morgan fingerprint density at radius 3 is 2.23 bits per heavy atom. The summed E-state index contributed by atoms with van der Waals surface area (Å²) in [5, 5.41) is 0. The van der Waals surface area contributed by atoms with E-state index in [4.69, 9.17) is 9.31 Å². The Morgan fingerprint density at radius 1 is 1.18 bits per heavy atom. The lowest BCUT2D eigenvalue weighted by atomic mass is 9.80. The predicted octanol–water partition coefficient (Wildman–Crippen LogP) is 1.52. The molecule has 0 atom stereocenters. The number of hydrogen-bond donors (Lipinski definition) is 0. The second-order valence-corrected chi connectivity index (χ2v) is 7.04. The molecule has 0 aliphatic carbocycles. The van der Waals surface area contributed by atoms with Crippen LogP contribution in [-0.4, -0.2) is 54.6 Å². The number of carbonyl (C=O) groups excluding carboxylic acids is 1. The summed E-state index contributed by atoms with van der Waals surface area (Å²) >= 11 is 0. The maximum absolute atomic E-state index is 12.0. The van der Waals surface area contributed by atoms with E-state index in [2.05, 4.69) is 4.98 Å². The Balaban J connectivity index is 2.06. The Morgan fingerprint density at radius 2 is 1.77 bits per heavy atom. The van der Waals surface area contributed by atoms with E-state index in [0.29, 0.717) is 12.1 Å². The highest BCUT2D eigenvalue weighted by atomic mass is 16.7. The minimum Gasteiger partial charge on any atom is -0.399 e. The average molecular weight is 304 g/mol. The van der Waals surface area contributed by atoms with E-state index in [9.17, 15) is 4.79 Å². The van der Waals surface area contributed by atoms with Crippen LogP contribution in [0, 0.1) is 0 Å². The van der Waals surface area contributed by atoms with Crippen molar-refractivity contribution < 1.29 is 14.1 Å². The molecule has 1 aliphatic heterocycles. The van der Waals surface area contributed by atoms with Gasteiger partial charge in [-0.2, -0.15) is 0 Å². The quantitative estimate of drug-likeness (QED) is 0.610. The largest absolute Gasteiger partial charge is 0.496 e. The van der Waals surface area contributed by atoms with Crippen molar-refractivity contribution in [3.63, 3.8) is 0 Å². The molecule has 1 aromatic rings. The maximum atomic E-state index is 12.0. The van der Waals surface area contributed by atoms with Crippen molar-refractivity contribution in [2.24, 2.45) is 0 Å². The number of hydrogen-bond acceptors (Lipinski definition) is 5. The van der Waals surface area contributed by atoms with Gasteiger partial charge < -0.3 is 14.2 Å².